The Bertz CT molecular complexity index is 751. The molecule has 6 heteroatoms. The molecular weight excluding hydrogens is 380 g/mol. The smallest absolute Gasteiger partial charge is 0.225 e. The van der Waals surface area contributed by atoms with Crippen LogP contribution in [0.4, 0.5) is 5.69 Å². The summed E-state index contributed by atoms with van der Waals surface area (Å²) < 4.78 is 0.922. The fourth-order valence-corrected chi connectivity index (χ4v) is 3.84. The Morgan fingerprint density at radius 3 is 3.12 bits per heavy atom. The van der Waals surface area contributed by atoms with E-state index in [0.717, 1.165) is 60.0 Å². The van der Waals surface area contributed by atoms with Crippen molar-refractivity contribution in [1.29, 1.82) is 0 Å². The van der Waals surface area contributed by atoms with Crippen molar-refractivity contribution in [2.24, 2.45) is 5.92 Å². The maximum Gasteiger partial charge on any atom is 0.225 e. The zero-order valence-corrected chi connectivity index (χ0v) is 16.4. The Hall–Kier alpha value is -1.69. The quantitative estimate of drug-likeness (QED) is 0.820. The minimum atomic E-state index is 0.0340. The first kappa shape index (κ1) is 18.1. The van der Waals surface area contributed by atoms with Crippen LogP contribution in [0.25, 0.3) is 11.0 Å². The predicted octanol–water partition coefficient (Wildman–Crippen LogP) is 3.91. The van der Waals surface area contributed by atoms with Gasteiger partial charge in [0.25, 0.3) is 0 Å². The molecule has 0 spiro atoms. The summed E-state index contributed by atoms with van der Waals surface area (Å²) in [6.07, 6.45) is 7.69. The molecule has 3 rings (SSSR count). The van der Waals surface area contributed by atoms with Crippen LogP contribution in [0.2, 0.25) is 0 Å². The molecule has 1 fully saturated rings. The number of carbonyl (C=O) groups excluding carboxylic acids is 1. The number of carbonyl (C=O) groups is 1. The number of piperidine rings is 1. The van der Waals surface area contributed by atoms with Gasteiger partial charge in [0.2, 0.25) is 5.91 Å². The van der Waals surface area contributed by atoms with Crippen LogP contribution in [0, 0.1) is 5.92 Å². The fraction of sp³-hybridized carbons (Fsp3) is 0.526. The van der Waals surface area contributed by atoms with Crippen LogP contribution in [0.1, 0.15) is 39.5 Å². The average molecular weight is 405 g/mol. The molecular formula is C19H25BrN4O. The molecule has 0 aromatic carbocycles. The largest absolute Gasteiger partial charge is 0.369 e. The summed E-state index contributed by atoms with van der Waals surface area (Å²) in [6.45, 7) is 5.91. The van der Waals surface area contributed by atoms with Crippen molar-refractivity contribution < 1.29 is 4.79 Å². The van der Waals surface area contributed by atoms with Gasteiger partial charge in [-0.1, -0.05) is 13.3 Å². The number of halogens is 1. The minimum Gasteiger partial charge on any atom is -0.369 e. The van der Waals surface area contributed by atoms with Crippen molar-refractivity contribution in [3.05, 3.63) is 29.0 Å². The van der Waals surface area contributed by atoms with Gasteiger partial charge in [0.15, 0.2) is 0 Å². The Morgan fingerprint density at radius 1 is 1.48 bits per heavy atom. The second-order valence-corrected chi connectivity index (χ2v) is 7.75. The predicted molar refractivity (Wildman–Crippen MR) is 105 cm³/mol. The van der Waals surface area contributed by atoms with Crippen LogP contribution in [0.15, 0.2) is 29.0 Å². The third kappa shape index (κ3) is 4.29. The topological polar surface area (TPSA) is 58.1 Å². The van der Waals surface area contributed by atoms with E-state index in [9.17, 15) is 4.79 Å². The van der Waals surface area contributed by atoms with Crippen LogP contribution >= 0.6 is 15.9 Å². The molecule has 1 aliphatic rings. The number of hydrogen-bond donors (Lipinski definition) is 1. The van der Waals surface area contributed by atoms with E-state index in [-0.39, 0.29) is 17.9 Å². The summed E-state index contributed by atoms with van der Waals surface area (Å²) in [5.41, 5.74) is 2.83. The van der Waals surface area contributed by atoms with Crippen LogP contribution in [-0.4, -0.2) is 35.0 Å². The summed E-state index contributed by atoms with van der Waals surface area (Å²) in [5, 5.41) is 3.17. The second kappa shape index (κ2) is 8.13. The Labute approximate surface area is 157 Å². The fourth-order valence-electron chi connectivity index (χ4n) is 3.52. The summed E-state index contributed by atoms with van der Waals surface area (Å²) in [5.74, 6) is 0.214. The lowest BCUT2D eigenvalue weighted by Gasteiger charge is -2.34. The normalized spacial score (nSPS) is 19.0. The maximum absolute atomic E-state index is 12.6. The summed E-state index contributed by atoms with van der Waals surface area (Å²) in [7, 11) is 0. The molecule has 2 unspecified atom stereocenters. The van der Waals surface area contributed by atoms with Crippen molar-refractivity contribution in [3.8, 4) is 0 Å². The van der Waals surface area contributed by atoms with Crippen molar-refractivity contribution in [2.75, 3.05) is 18.0 Å². The van der Waals surface area contributed by atoms with Crippen molar-refractivity contribution >= 4 is 38.6 Å². The molecule has 1 saturated heterocycles. The van der Waals surface area contributed by atoms with Crippen molar-refractivity contribution in [1.82, 2.24) is 15.3 Å². The van der Waals surface area contributed by atoms with Gasteiger partial charge in [0.1, 0.15) is 5.52 Å². The number of amides is 1. The third-order valence-corrected chi connectivity index (χ3v) is 5.20. The van der Waals surface area contributed by atoms with E-state index in [4.69, 9.17) is 0 Å². The summed E-state index contributed by atoms with van der Waals surface area (Å²) in [6, 6.07) is 4.23. The first-order valence-electron chi connectivity index (χ1n) is 9.04. The van der Waals surface area contributed by atoms with Gasteiger partial charge in [-0.3, -0.25) is 14.8 Å². The zero-order valence-electron chi connectivity index (χ0n) is 14.8. The molecule has 1 N–H and O–H groups in total. The molecule has 3 heterocycles. The highest BCUT2D eigenvalue weighted by Crippen LogP contribution is 2.29. The van der Waals surface area contributed by atoms with E-state index >= 15 is 0 Å². The SMILES string of the molecule is CCCC(C)NC(=O)C1CCCN(c2ccnc3cc(Br)cnc23)C1. The molecule has 2 atom stereocenters. The monoisotopic (exact) mass is 404 g/mol. The van der Waals surface area contributed by atoms with Gasteiger partial charge in [0, 0.05) is 36.0 Å². The van der Waals surface area contributed by atoms with E-state index < -0.39 is 0 Å². The number of anilines is 1. The molecule has 0 radical (unpaired) electrons. The lowest BCUT2D eigenvalue weighted by molar-refractivity contribution is -0.125. The summed E-state index contributed by atoms with van der Waals surface area (Å²) >= 11 is 3.45. The summed E-state index contributed by atoms with van der Waals surface area (Å²) in [4.78, 5) is 23.8. The lowest BCUT2D eigenvalue weighted by Crippen LogP contribution is -2.45. The zero-order chi connectivity index (χ0) is 17.8. The molecule has 1 aliphatic heterocycles. The highest BCUT2D eigenvalue weighted by molar-refractivity contribution is 9.10. The standard InChI is InChI=1S/C19H25BrN4O/c1-3-5-13(2)23-19(25)14-6-4-9-24(12-14)17-7-8-21-16-10-15(20)11-22-18(16)17/h7-8,10-11,13-14H,3-6,9,12H2,1-2H3,(H,23,25). The first-order chi connectivity index (χ1) is 12.1. The van der Waals surface area contributed by atoms with Gasteiger partial charge in [-0.2, -0.15) is 0 Å². The van der Waals surface area contributed by atoms with Gasteiger partial charge < -0.3 is 10.2 Å². The molecule has 0 bridgehead atoms. The molecule has 2 aromatic heterocycles. The van der Waals surface area contributed by atoms with E-state index in [2.05, 4.69) is 50.0 Å². The number of rotatable bonds is 5. The minimum absolute atomic E-state index is 0.0340. The van der Waals surface area contributed by atoms with E-state index in [1.807, 2.05) is 18.3 Å². The molecule has 5 nitrogen and oxygen atoms in total. The number of fused-ring (bicyclic) bond motifs is 1. The third-order valence-electron chi connectivity index (χ3n) is 4.77. The van der Waals surface area contributed by atoms with Gasteiger partial charge in [0.05, 0.1) is 17.1 Å². The highest BCUT2D eigenvalue weighted by Gasteiger charge is 2.27. The van der Waals surface area contributed by atoms with Gasteiger partial charge in [-0.05, 0) is 54.2 Å². The second-order valence-electron chi connectivity index (χ2n) is 6.83. The van der Waals surface area contributed by atoms with Gasteiger partial charge in [-0.25, -0.2) is 0 Å². The average Bonchev–Trinajstić information content (AvgIpc) is 2.61. The number of nitrogens with one attached hydrogen (secondary N) is 1. The molecule has 0 saturated carbocycles. The number of nitrogens with zero attached hydrogens (tertiary/aromatic N) is 3. The van der Waals surface area contributed by atoms with E-state index in [1.165, 1.54) is 0 Å². The Morgan fingerprint density at radius 2 is 2.32 bits per heavy atom. The Balaban J connectivity index is 1.76. The molecule has 0 aliphatic carbocycles. The van der Waals surface area contributed by atoms with E-state index in [1.54, 1.807) is 6.20 Å². The van der Waals surface area contributed by atoms with Crippen molar-refractivity contribution in [2.45, 2.75) is 45.6 Å². The number of aromatic nitrogens is 2. The Kier molecular flexibility index (Phi) is 5.89. The van der Waals surface area contributed by atoms with Gasteiger partial charge >= 0.3 is 0 Å². The van der Waals surface area contributed by atoms with Crippen LogP contribution in [0.3, 0.4) is 0 Å². The number of hydrogen-bond acceptors (Lipinski definition) is 4. The molecule has 2 aromatic rings. The lowest BCUT2D eigenvalue weighted by atomic mass is 9.96. The van der Waals surface area contributed by atoms with Gasteiger partial charge in [-0.15, -0.1) is 0 Å². The van der Waals surface area contributed by atoms with Crippen LogP contribution in [-0.2, 0) is 4.79 Å². The van der Waals surface area contributed by atoms with Crippen LogP contribution < -0.4 is 10.2 Å². The van der Waals surface area contributed by atoms with Crippen molar-refractivity contribution in [3.63, 3.8) is 0 Å². The number of pyridine rings is 2. The van der Waals surface area contributed by atoms with E-state index in [0.29, 0.717) is 0 Å². The highest BCUT2D eigenvalue weighted by atomic mass is 79.9. The maximum atomic E-state index is 12.6. The molecule has 1 amide bonds. The van der Waals surface area contributed by atoms with Crippen LogP contribution in [0.5, 0.6) is 0 Å². The molecule has 25 heavy (non-hydrogen) atoms. The first-order valence-corrected chi connectivity index (χ1v) is 9.83. The molecule has 134 valence electrons.